The van der Waals surface area contributed by atoms with E-state index in [2.05, 4.69) is 6.07 Å². The first-order valence-corrected chi connectivity index (χ1v) is 7.18. The minimum atomic E-state index is -0.0918. The number of aromatic nitrogens is 1. The van der Waals surface area contributed by atoms with E-state index < -0.39 is 0 Å². The molecule has 1 aliphatic heterocycles. The minimum Gasteiger partial charge on any atom is -0.443 e. The van der Waals surface area contributed by atoms with Crippen LogP contribution < -0.4 is 0 Å². The van der Waals surface area contributed by atoms with Crippen LogP contribution >= 0.6 is 0 Å². The summed E-state index contributed by atoms with van der Waals surface area (Å²) in [4.78, 5) is 14.5. The number of likely N-dealkylation sites (tertiary alicyclic amines) is 1. The number of piperidine rings is 1. The maximum Gasteiger partial charge on any atom is 0.258 e. The van der Waals surface area contributed by atoms with Crippen molar-refractivity contribution in [1.82, 2.24) is 9.47 Å². The van der Waals surface area contributed by atoms with Crippen LogP contribution in [0, 0.1) is 18.3 Å². The predicted molar refractivity (Wildman–Crippen MR) is 77.2 cm³/mol. The zero-order valence-electron chi connectivity index (χ0n) is 12.0. The second-order valence-electron chi connectivity index (χ2n) is 5.27. The highest BCUT2D eigenvalue weighted by molar-refractivity contribution is 5.98. The summed E-state index contributed by atoms with van der Waals surface area (Å²) >= 11 is 0. The number of carbonyl (C=O) groups is 1. The van der Waals surface area contributed by atoms with Gasteiger partial charge in [-0.15, -0.1) is 0 Å². The van der Waals surface area contributed by atoms with Gasteiger partial charge in [0.25, 0.3) is 5.91 Å². The van der Waals surface area contributed by atoms with Crippen LogP contribution in [0.2, 0.25) is 0 Å². The summed E-state index contributed by atoms with van der Waals surface area (Å²) < 4.78 is 7.41. The topological polar surface area (TPSA) is 62.2 Å². The Bertz CT molecular complexity index is 686. The fourth-order valence-electron chi connectivity index (χ4n) is 2.80. The molecule has 5 nitrogen and oxygen atoms in total. The monoisotopic (exact) mass is 283 g/mol. The van der Waals surface area contributed by atoms with Crippen molar-refractivity contribution in [2.24, 2.45) is 0 Å². The van der Waals surface area contributed by atoms with Crippen LogP contribution in [-0.2, 0) is 0 Å². The Morgan fingerprint density at radius 2 is 1.90 bits per heavy atom. The molecule has 3 rings (SSSR count). The molecule has 0 spiro atoms. The molecule has 3 heterocycles. The molecule has 1 aliphatic rings. The van der Waals surface area contributed by atoms with Gasteiger partial charge in [0.15, 0.2) is 0 Å². The third-order valence-electron chi connectivity index (χ3n) is 3.87. The van der Waals surface area contributed by atoms with Crippen molar-refractivity contribution in [3.8, 4) is 12.0 Å². The lowest BCUT2D eigenvalue weighted by Gasteiger charge is -2.26. The van der Waals surface area contributed by atoms with E-state index in [0.717, 1.165) is 32.4 Å². The highest BCUT2D eigenvalue weighted by atomic mass is 16.4. The quantitative estimate of drug-likeness (QED) is 0.851. The first-order chi connectivity index (χ1) is 10.2. The Balaban J connectivity index is 2.02. The van der Waals surface area contributed by atoms with Crippen LogP contribution in [0.25, 0.3) is 5.88 Å². The number of hydrogen-bond donors (Lipinski definition) is 0. The molecule has 0 atom stereocenters. The smallest absolute Gasteiger partial charge is 0.258 e. The standard InChI is InChI=1S/C16H17N3O2/c1-12-14(15(20)18-7-3-2-4-8-18)13(11-17)16(21-12)19-9-5-6-10-19/h5-6,9-10H,2-4,7-8H2,1H3. The van der Waals surface area contributed by atoms with Crippen LogP contribution in [-0.4, -0.2) is 28.5 Å². The average molecular weight is 283 g/mol. The van der Waals surface area contributed by atoms with Gasteiger partial charge in [0.2, 0.25) is 5.88 Å². The van der Waals surface area contributed by atoms with Crippen molar-refractivity contribution in [3.63, 3.8) is 0 Å². The molecule has 5 heteroatoms. The summed E-state index contributed by atoms with van der Waals surface area (Å²) in [5.74, 6) is 0.831. The highest BCUT2D eigenvalue weighted by Crippen LogP contribution is 2.27. The Morgan fingerprint density at radius 1 is 1.24 bits per heavy atom. The van der Waals surface area contributed by atoms with Crippen molar-refractivity contribution in [2.45, 2.75) is 26.2 Å². The van der Waals surface area contributed by atoms with E-state index in [1.807, 2.05) is 17.0 Å². The number of hydrogen-bond acceptors (Lipinski definition) is 3. The predicted octanol–water partition coefficient (Wildman–Crippen LogP) is 2.88. The molecule has 0 bridgehead atoms. The largest absolute Gasteiger partial charge is 0.443 e. The van der Waals surface area contributed by atoms with E-state index in [1.54, 1.807) is 23.9 Å². The average Bonchev–Trinajstić information content (AvgIpc) is 3.14. The molecule has 0 radical (unpaired) electrons. The number of nitriles is 1. The zero-order chi connectivity index (χ0) is 14.8. The van der Waals surface area contributed by atoms with Crippen LogP contribution in [0.3, 0.4) is 0 Å². The van der Waals surface area contributed by atoms with Crippen LogP contribution in [0.4, 0.5) is 0 Å². The van der Waals surface area contributed by atoms with E-state index in [4.69, 9.17) is 4.42 Å². The molecule has 21 heavy (non-hydrogen) atoms. The van der Waals surface area contributed by atoms with Gasteiger partial charge in [-0.05, 0) is 38.3 Å². The summed E-state index contributed by atoms with van der Waals surface area (Å²) in [5.41, 5.74) is 0.724. The second-order valence-corrected chi connectivity index (χ2v) is 5.27. The van der Waals surface area contributed by atoms with Gasteiger partial charge in [0.05, 0.1) is 0 Å². The molecule has 2 aromatic rings. The van der Waals surface area contributed by atoms with Gasteiger partial charge in [-0.2, -0.15) is 5.26 Å². The highest BCUT2D eigenvalue weighted by Gasteiger charge is 2.28. The first kappa shape index (κ1) is 13.5. The van der Waals surface area contributed by atoms with Crippen molar-refractivity contribution >= 4 is 5.91 Å². The molecule has 0 aromatic carbocycles. The van der Waals surface area contributed by atoms with Crippen molar-refractivity contribution in [3.05, 3.63) is 41.4 Å². The van der Waals surface area contributed by atoms with Gasteiger partial charge < -0.3 is 9.32 Å². The molecule has 2 aromatic heterocycles. The molecule has 0 unspecified atom stereocenters. The number of amides is 1. The van der Waals surface area contributed by atoms with Crippen molar-refractivity contribution in [2.75, 3.05) is 13.1 Å². The molecule has 0 aliphatic carbocycles. The van der Waals surface area contributed by atoms with Gasteiger partial charge in [-0.25, -0.2) is 0 Å². The minimum absolute atomic E-state index is 0.0918. The summed E-state index contributed by atoms with van der Waals surface area (Å²) in [5, 5.41) is 9.46. The fourth-order valence-corrected chi connectivity index (χ4v) is 2.80. The number of rotatable bonds is 2. The molecule has 1 amide bonds. The van der Waals surface area contributed by atoms with Gasteiger partial charge in [-0.3, -0.25) is 9.36 Å². The summed E-state index contributed by atoms with van der Waals surface area (Å²) in [6.45, 7) is 3.26. The third-order valence-corrected chi connectivity index (χ3v) is 3.87. The summed E-state index contributed by atoms with van der Waals surface area (Å²) in [7, 11) is 0. The lowest BCUT2D eigenvalue weighted by Crippen LogP contribution is -2.36. The van der Waals surface area contributed by atoms with Gasteiger partial charge >= 0.3 is 0 Å². The Morgan fingerprint density at radius 3 is 2.52 bits per heavy atom. The van der Waals surface area contributed by atoms with Gasteiger partial charge in [0.1, 0.15) is 23.0 Å². The van der Waals surface area contributed by atoms with Crippen molar-refractivity contribution < 1.29 is 9.21 Å². The van der Waals surface area contributed by atoms with Crippen LogP contribution in [0.15, 0.2) is 28.9 Å². The lowest BCUT2D eigenvalue weighted by molar-refractivity contribution is 0.0722. The molecular weight excluding hydrogens is 266 g/mol. The van der Waals surface area contributed by atoms with Gasteiger partial charge in [-0.1, -0.05) is 0 Å². The molecule has 1 saturated heterocycles. The summed E-state index contributed by atoms with van der Waals surface area (Å²) in [6, 6.07) is 5.84. The number of carbonyl (C=O) groups excluding carboxylic acids is 1. The van der Waals surface area contributed by atoms with Crippen LogP contribution in [0.5, 0.6) is 0 Å². The second kappa shape index (κ2) is 5.49. The Hall–Kier alpha value is -2.48. The maximum absolute atomic E-state index is 12.7. The lowest BCUT2D eigenvalue weighted by atomic mass is 10.1. The molecular formula is C16H17N3O2. The zero-order valence-corrected chi connectivity index (χ0v) is 12.0. The molecule has 1 fully saturated rings. The van der Waals surface area contributed by atoms with Crippen LogP contribution in [0.1, 0.15) is 40.9 Å². The number of nitrogens with zero attached hydrogens (tertiary/aromatic N) is 3. The first-order valence-electron chi connectivity index (χ1n) is 7.18. The van der Waals surface area contributed by atoms with E-state index >= 15 is 0 Å². The van der Waals surface area contributed by atoms with E-state index in [0.29, 0.717) is 22.8 Å². The van der Waals surface area contributed by atoms with E-state index in [9.17, 15) is 10.1 Å². The van der Waals surface area contributed by atoms with E-state index in [1.165, 1.54) is 0 Å². The summed E-state index contributed by atoms with van der Waals surface area (Å²) in [6.07, 6.45) is 6.81. The third kappa shape index (κ3) is 2.33. The number of aryl methyl sites for hydroxylation is 1. The van der Waals surface area contributed by atoms with Crippen molar-refractivity contribution in [1.29, 1.82) is 5.26 Å². The molecule has 108 valence electrons. The van der Waals surface area contributed by atoms with Gasteiger partial charge in [0, 0.05) is 25.5 Å². The fraction of sp³-hybridized carbons (Fsp3) is 0.375. The normalized spacial score (nSPS) is 15.0. The maximum atomic E-state index is 12.7. The van der Waals surface area contributed by atoms with E-state index in [-0.39, 0.29) is 5.91 Å². The number of furan rings is 1. The Labute approximate surface area is 123 Å². The Kier molecular flexibility index (Phi) is 3.53. The SMILES string of the molecule is Cc1oc(-n2cccc2)c(C#N)c1C(=O)N1CCCCC1. The molecule has 0 N–H and O–H groups in total. The molecule has 0 saturated carbocycles.